The fourth-order valence-corrected chi connectivity index (χ4v) is 2.20. The van der Waals surface area contributed by atoms with E-state index < -0.39 is 0 Å². The Hall–Kier alpha value is -0.410. The van der Waals surface area contributed by atoms with Gasteiger partial charge in [0.1, 0.15) is 5.01 Å². The summed E-state index contributed by atoms with van der Waals surface area (Å²) in [5.74, 6) is 0. The zero-order valence-electron chi connectivity index (χ0n) is 7.92. The molecule has 0 aliphatic heterocycles. The third-order valence-corrected chi connectivity index (χ3v) is 3.28. The van der Waals surface area contributed by atoms with Crippen molar-refractivity contribution in [3.8, 4) is 0 Å². The van der Waals surface area contributed by atoms with Crippen LogP contribution in [0.3, 0.4) is 0 Å². The molecule has 68 valence electrons. The fraction of sp³-hybridized carbons (Fsp3) is 0.667. The predicted octanol–water partition coefficient (Wildman–Crippen LogP) is 2.29. The van der Waals surface area contributed by atoms with Gasteiger partial charge in [-0.1, -0.05) is 13.8 Å². The van der Waals surface area contributed by atoms with Gasteiger partial charge in [0, 0.05) is 4.88 Å². The van der Waals surface area contributed by atoms with Crippen LogP contribution in [0.2, 0.25) is 0 Å². The summed E-state index contributed by atoms with van der Waals surface area (Å²) in [6.45, 7) is 6.29. The molecule has 0 bridgehead atoms. The van der Waals surface area contributed by atoms with E-state index in [4.69, 9.17) is 5.73 Å². The van der Waals surface area contributed by atoms with Crippen LogP contribution in [0.15, 0.2) is 0 Å². The molecular weight excluding hydrogens is 168 g/mol. The lowest BCUT2D eigenvalue weighted by Gasteiger charge is -1.95. The van der Waals surface area contributed by atoms with Gasteiger partial charge in [-0.2, -0.15) is 0 Å². The van der Waals surface area contributed by atoms with Crippen LogP contribution in [0.4, 0.5) is 0 Å². The third kappa shape index (κ3) is 1.84. The second-order valence-corrected chi connectivity index (χ2v) is 4.03. The van der Waals surface area contributed by atoms with Gasteiger partial charge in [-0.25, -0.2) is 4.98 Å². The maximum absolute atomic E-state index is 5.75. The number of aromatic nitrogens is 1. The summed E-state index contributed by atoms with van der Waals surface area (Å²) in [4.78, 5) is 5.89. The first kappa shape index (κ1) is 9.68. The van der Waals surface area contributed by atoms with E-state index in [1.165, 1.54) is 10.6 Å². The topological polar surface area (TPSA) is 38.9 Å². The minimum Gasteiger partial charge on any atom is -0.322 e. The van der Waals surface area contributed by atoms with Crippen molar-refractivity contribution in [1.29, 1.82) is 0 Å². The number of rotatable bonds is 3. The van der Waals surface area contributed by atoms with Crippen molar-refractivity contribution in [2.24, 2.45) is 5.73 Å². The standard InChI is InChI=1S/C9H16N2S/c1-4-7-8(5-2)12-9(11-7)6(3)10/h6H,4-5,10H2,1-3H3. The van der Waals surface area contributed by atoms with Gasteiger partial charge in [-0.15, -0.1) is 11.3 Å². The Morgan fingerprint density at radius 2 is 2.08 bits per heavy atom. The third-order valence-electron chi connectivity index (χ3n) is 1.84. The van der Waals surface area contributed by atoms with Gasteiger partial charge in [0.25, 0.3) is 0 Å². The molecule has 0 radical (unpaired) electrons. The van der Waals surface area contributed by atoms with Gasteiger partial charge in [-0.05, 0) is 19.8 Å². The average Bonchev–Trinajstić information content (AvgIpc) is 2.46. The summed E-state index contributed by atoms with van der Waals surface area (Å²) >= 11 is 1.76. The Morgan fingerprint density at radius 1 is 1.42 bits per heavy atom. The molecule has 0 saturated carbocycles. The number of nitrogens with two attached hydrogens (primary N) is 1. The van der Waals surface area contributed by atoms with E-state index in [2.05, 4.69) is 18.8 Å². The second-order valence-electron chi connectivity index (χ2n) is 2.92. The zero-order chi connectivity index (χ0) is 9.14. The molecule has 1 rings (SSSR count). The smallest absolute Gasteiger partial charge is 0.110 e. The molecule has 1 atom stereocenters. The lowest BCUT2D eigenvalue weighted by Crippen LogP contribution is -2.04. The molecule has 0 aromatic carbocycles. The molecule has 1 aromatic rings. The first-order chi connectivity index (χ1) is 5.69. The zero-order valence-corrected chi connectivity index (χ0v) is 8.74. The minimum atomic E-state index is 0.0839. The minimum absolute atomic E-state index is 0.0839. The van der Waals surface area contributed by atoms with E-state index in [1.807, 2.05) is 6.92 Å². The molecule has 3 heteroatoms. The van der Waals surface area contributed by atoms with Crippen molar-refractivity contribution < 1.29 is 0 Å². The highest BCUT2D eigenvalue weighted by Crippen LogP contribution is 2.23. The van der Waals surface area contributed by atoms with E-state index in [1.54, 1.807) is 11.3 Å². The Bertz CT molecular complexity index is 232. The van der Waals surface area contributed by atoms with Gasteiger partial charge in [-0.3, -0.25) is 0 Å². The monoisotopic (exact) mass is 184 g/mol. The highest BCUT2D eigenvalue weighted by Gasteiger charge is 2.10. The molecule has 12 heavy (non-hydrogen) atoms. The molecule has 0 aliphatic rings. The van der Waals surface area contributed by atoms with Crippen molar-refractivity contribution >= 4 is 11.3 Å². The summed E-state index contributed by atoms with van der Waals surface area (Å²) in [6.07, 6.45) is 2.10. The molecule has 2 nitrogen and oxygen atoms in total. The summed E-state index contributed by atoms with van der Waals surface area (Å²) in [5.41, 5.74) is 6.98. The number of hydrogen-bond acceptors (Lipinski definition) is 3. The molecule has 0 aliphatic carbocycles. The maximum atomic E-state index is 5.75. The molecule has 2 N–H and O–H groups in total. The maximum Gasteiger partial charge on any atom is 0.110 e. The largest absolute Gasteiger partial charge is 0.322 e. The molecule has 0 spiro atoms. The van der Waals surface area contributed by atoms with Gasteiger partial charge >= 0.3 is 0 Å². The molecule has 1 unspecified atom stereocenters. The first-order valence-electron chi connectivity index (χ1n) is 4.43. The van der Waals surface area contributed by atoms with Crippen LogP contribution >= 0.6 is 11.3 Å². The lowest BCUT2D eigenvalue weighted by atomic mass is 10.2. The quantitative estimate of drug-likeness (QED) is 0.782. The summed E-state index contributed by atoms with van der Waals surface area (Å²) in [6, 6.07) is 0.0839. The van der Waals surface area contributed by atoms with Crippen LogP contribution in [-0.2, 0) is 12.8 Å². The Balaban J connectivity index is 2.97. The molecule has 1 aromatic heterocycles. The van der Waals surface area contributed by atoms with Crippen molar-refractivity contribution in [3.63, 3.8) is 0 Å². The number of aryl methyl sites for hydroxylation is 2. The SMILES string of the molecule is CCc1nc(C(C)N)sc1CC. The van der Waals surface area contributed by atoms with E-state index in [-0.39, 0.29) is 6.04 Å². The summed E-state index contributed by atoms with van der Waals surface area (Å²) < 4.78 is 0. The Kier molecular flexibility index (Phi) is 3.23. The van der Waals surface area contributed by atoms with Gasteiger partial charge in [0.2, 0.25) is 0 Å². The van der Waals surface area contributed by atoms with Crippen LogP contribution in [0.5, 0.6) is 0 Å². The normalized spacial score (nSPS) is 13.3. The lowest BCUT2D eigenvalue weighted by molar-refractivity contribution is 0.797. The highest BCUT2D eigenvalue weighted by molar-refractivity contribution is 7.11. The van der Waals surface area contributed by atoms with E-state index in [0.717, 1.165) is 17.8 Å². The van der Waals surface area contributed by atoms with Crippen LogP contribution in [-0.4, -0.2) is 4.98 Å². The molecule has 0 amide bonds. The van der Waals surface area contributed by atoms with Crippen LogP contribution in [0.25, 0.3) is 0 Å². The van der Waals surface area contributed by atoms with Gasteiger partial charge < -0.3 is 5.73 Å². The van der Waals surface area contributed by atoms with Crippen LogP contribution in [0.1, 0.15) is 42.4 Å². The predicted molar refractivity (Wildman–Crippen MR) is 53.5 cm³/mol. The van der Waals surface area contributed by atoms with Crippen molar-refractivity contribution in [2.45, 2.75) is 39.7 Å². The van der Waals surface area contributed by atoms with E-state index in [0.29, 0.717) is 0 Å². The number of hydrogen-bond donors (Lipinski definition) is 1. The summed E-state index contributed by atoms with van der Waals surface area (Å²) in [5, 5.41) is 1.07. The van der Waals surface area contributed by atoms with E-state index >= 15 is 0 Å². The Labute approximate surface area is 77.8 Å². The first-order valence-corrected chi connectivity index (χ1v) is 5.24. The number of thiazole rings is 1. The number of nitrogens with zero attached hydrogens (tertiary/aromatic N) is 1. The Morgan fingerprint density at radius 3 is 2.42 bits per heavy atom. The van der Waals surface area contributed by atoms with E-state index in [9.17, 15) is 0 Å². The van der Waals surface area contributed by atoms with Gasteiger partial charge in [0.15, 0.2) is 0 Å². The van der Waals surface area contributed by atoms with Crippen molar-refractivity contribution in [3.05, 3.63) is 15.6 Å². The van der Waals surface area contributed by atoms with Crippen LogP contribution in [0, 0.1) is 0 Å². The molecular formula is C9H16N2S. The highest BCUT2D eigenvalue weighted by atomic mass is 32.1. The van der Waals surface area contributed by atoms with Crippen molar-refractivity contribution in [1.82, 2.24) is 4.98 Å². The summed E-state index contributed by atoms with van der Waals surface area (Å²) in [7, 11) is 0. The van der Waals surface area contributed by atoms with Crippen molar-refractivity contribution in [2.75, 3.05) is 0 Å². The second kappa shape index (κ2) is 4.01. The molecule has 0 fully saturated rings. The molecule has 1 heterocycles. The average molecular weight is 184 g/mol. The molecule has 0 saturated heterocycles. The van der Waals surface area contributed by atoms with Crippen LogP contribution < -0.4 is 5.73 Å². The van der Waals surface area contributed by atoms with Gasteiger partial charge in [0.05, 0.1) is 11.7 Å². The fourth-order valence-electron chi connectivity index (χ4n) is 1.15.